The van der Waals surface area contributed by atoms with E-state index in [0.717, 1.165) is 59.5 Å². The van der Waals surface area contributed by atoms with Gasteiger partial charge in [0.2, 0.25) is 0 Å². The van der Waals surface area contributed by atoms with Crippen LogP contribution in [0.2, 0.25) is 0 Å². The molecule has 0 radical (unpaired) electrons. The molecule has 1 atom stereocenters. The zero-order valence-electron chi connectivity index (χ0n) is 19.4. The van der Waals surface area contributed by atoms with Crippen LogP contribution in [0.5, 0.6) is 11.5 Å². The predicted molar refractivity (Wildman–Crippen MR) is 123 cm³/mol. The lowest BCUT2D eigenvalue weighted by molar-refractivity contribution is -0.134. The van der Waals surface area contributed by atoms with Crippen LogP contribution in [0.1, 0.15) is 50.2 Å². The first kappa shape index (κ1) is 23.5. The Hall–Kier alpha value is -2.64. The predicted octanol–water partition coefficient (Wildman–Crippen LogP) is 3.98. The van der Waals surface area contributed by atoms with Crippen molar-refractivity contribution >= 4 is 17.3 Å². The molecule has 2 aliphatic heterocycles. The molecule has 0 aromatic heterocycles. The van der Waals surface area contributed by atoms with E-state index in [9.17, 15) is 14.7 Å². The van der Waals surface area contributed by atoms with Gasteiger partial charge in [-0.15, -0.1) is 0 Å². The summed E-state index contributed by atoms with van der Waals surface area (Å²) in [6.07, 6.45) is 5.30. The highest BCUT2D eigenvalue weighted by atomic mass is 16.5. The van der Waals surface area contributed by atoms with Crippen LogP contribution in [-0.4, -0.2) is 56.5 Å². The molecule has 1 N–H and O–H groups in total. The number of carbonyl (C=O) groups is 2. The molecule has 1 aliphatic carbocycles. The van der Waals surface area contributed by atoms with Crippen LogP contribution >= 0.6 is 0 Å². The van der Waals surface area contributed by atoms with Gasteiger partial charge in [-0.3, -0.25) is 4.79 Å². The first-order valence-electron chi connectivity index (χ1n) is 11.8. The molecule has 1 aromatic rings. The van der Waals surface area contributed by atoms with Crippen molar-refractivity contribution in [2.45, 2.75) is 51.6 Å². The minimum atomic E-state index is -1.18. The van der Waals surface area contributed by atoms with E-state index in [2.05, 4.69) is 13.0 Å². The number of aryl methyl sites for hydroxylation is 1. The number of ketones is 1. The van der Waals surface area contributed by atoms with Crippen LogP contribution in [0.3, 0.4) is 0 Å². The summed E-state index contributed by atoms with van der Waals surface area (Å²) in [5.74, 6) is 0.166. The number of benzene rings is 1. The highest BCUT2D eigenvalue weighted by molar-refractivity contribution is 6.17. The molecule has 0 bridgehead atoms. The molecule has 7 nitrogen and oxygen atoms in total. The first-order chi connectivity index (χ1) is 16.0. The highest BCUT2D eigenvalue weighted by Gasteiger charge is 2.39. The van der Waals surface area contributed by atoms with Gasteiger partial charge in [0.1, 0.15) is 23.2 Å². The Morgan fingerprint density at radius 3 is 2.64 bits per heavy atom. The van der Waals surface area contributed by atoms with Gasteiger partial charge in [0, 0.05) is 44.1 Å². The Morgan fingerprint density at radius 1 is 1.18 bits per heavy atom. The lowest BCUT2D eigenvalue weighted by atomic mass is 9.82. The third kappa shape index (κ3) is 4.99. The average molecular weight is 457 g/mol. The Bertz CT molecular complexity index is 971. The second-order valence-electron chi connectivity index (χ2n) is 8.77. The Balaban J connectivity index is 1.80. The van der Waals surface area contributed by atoms with Crippen molar-refractivity contribution in [2.75, 3.05) is 33.5 Å². The number of carboxylic acid groups (broad SMARTS) is 1. The van der Waals surface area contributed by atoms with E-state index in [1.165, 1.54) is 0 Å². The van der Waals surface area contributed by atoms with E-state index in [1.807, 2.05) is 6.07 Å². The maximum atomic E-state index is 12.6. The summed E-state index contributed by atoms with van der Waals surface area (Å²) >= 11 is 0. The largest absolute Gasteiger partial charge is 0.493 e. The SMILES string of the molecule is CCc1cc2c(cc1OCCCOC)OC(C1COC1)C1=C2CCCCC(=O)C(C(=O)O)=C1. The van der Waals surface area contributed by atoms with Gasteiger partial charge >= 0.3 is 5.97 Å². The second kappa shape index (κ2) is 10.5. The minimum Gasteiger partial charge on any atom is -0.493 e. The molecule has 33 heavy (non-hydrogen) atoms. The summed E-state index contributed by atoms with van der Waals surface area (Å²) in [5.41, 5.74) is 3.76. The van der Waals surface area contributed by atoms with Gasteiger partial charge in [-0.05, 0) is 54.5 Å². The van der Waals surface area contributed by atoms with Crippen molar-refractivity contribution in [3.63, 3.8) is 0 Å². The maximum absolute atomic E-state index is 12.6. The van der Waals surface area contributed by atoms with Gasteiger partial charge in [0.25, 0.3) is 0 Å². The van der Waals surface area contributed by atoms with Crippen molar-refractivity contribution in [3.8, 4) is 11.5 Å². The molecule has 0 amide bonds. The number of aliphatic carboxylic acids is 1. The van der Waals surface area contributed by atoms with Crippen molar-refractivity contribution in [1.82, 2.24) is 0 Å². The monoisotopic (exact) mass is 456 g/mol. The summed E-state index contributed by atoms with van der Waals surface area (Å²) in [4.78, 5) is 24.5. The van der Waals surface area contributed by atoms with Crippen LogP contribution in [0.25, 0.3) is 5.57 Å². The molecular formula is C26H32O7. The van der Waals surface area contributed by atoms with E-state index in [-0.39, 0.29) is 29.8 Å². The number of carboxylic acids is 1. The lowest BCUT2D eigenvalue weighted by Crippen LogP contribution is -2.43. The summed E-state index contributed by atoms with van der Waals surface area (Å²) in [6, 6.07) is 4.08. The molecule has 0 spiro atoms. The lowest BCUT2D eigenvalue weighted by Gasteiger charge is -2.39. The number of hydrogen-bond donors (Lipinski definition) is 1. The Labute approximate surface area is 194 Å². The summed E-state index contributed by atoms with van der Waals surface area (Å²) in [6.45, 7) is 4.38. The number of methoxy groups -OCH3 is 1. The molecule has 7 heteroatoms. The van der Waals surface area contributed by atoms with Gasteiger partial charge in [-0.2, -0.15) is 0 Å². The van der Waals surface area contributed by atoms with Gasteiger partial charge in [-0.25, -0.2) is 4.79 Å². The highest BCUT2D eigenvalue weighted by Crippen LogP contribution is 2.45. The van der Waals surface area contributed by atoms with Crippen molar-refractivity contribution < 1.29 is 33.6 Å². The van der Waals surface area contributed by atoms with Crippen molar-refractivity contribution in [1.29, 1.82) is 0 Å². The molecule has 1 saturated heterocycles. The van der Waals surface area contributed by atoms with Gasteiger partial charge < -0.3 is 24.1 Å². The molecule has 0 saturated carbocycles. The number of rotatable bonds is 8. The van der Waals surface area contributed by atoms with E-state index >= 15 is 0 Å². The van der Waals surface area contributed by atoms with Crippen LogP contribution < -0.4 is 9.47 Å². The molecule has 1 aromatic carbocycles. The average Bonchev–Trinajstić information content (AvgIpc) is 2.84. The molecule has 2 heterocycles. The number of carbonyl (C=O) groups excluding carboxylic acids is 1. The van der Waals surface area contributed by atoms with Crippen molar-refractivity contribution in [2.24, 2.45) is 5.92 Å². The summed E-state index contributed by atoms with van der Waals surface area (Å²) in [7, 11) is 1.68. The first-order valence-corrected chi connectivity index (χ1v) is 11.8. The maximum Gasteiger partial charge on any atom is 0.339 e. The van der Waals surface area contributed by atoms with E-state index in [0.29, 0.717) is 32.8 Å². The normalized spacial score (nSPS) is 21.0. The van der Waals surface area contributed by atoms with Crippen LogP contribution in [-0.2, 0) is 25.5 Å². The number of fused-ring (bicyclic) bond motifs is 2. The number of hydrogen-bond acceptors (Lipinski definition) is 6. The molecule has 3 aliphatic rings. The minimum absolute atomic E-state index is 0.113. The summed E-state index contributed by atoms with van der Waals surface area (Å²) in [5, 5.41) is 9.74. The third-order valence-electron chi connectivity index (χ3n) is 6.53. The number of allylic oxidation sites excluding steroid dienone is 1. The zero-order valence-corrected chi connectivity index (χ0v) is 19.4. The molecular weight excluding hydrogens is 424 g/mol. The van der Waals surface area contributed by atoms with Gasteiger partial charge in [0.15, 0.2) is 5.78 Å². The topological polar surface area (TPSA) is 91.3 Å². The summed E-state index contributed by atoms with van der Waals surface area (Å²) < 4.78 is 23.1. The van der Waals surface area contributed by atoms with Crippen molar-refractivity contribution in [3.05, 3.63) is 40.5 Å². The molecule has 178 valence electrons. The van der Waals surface area contributed by atoms with Crippen LogP contribution in [0.4, 0.5) is 0 Å². The third-order valence-corrected chi connectivity index (χ3v) is 6.53. The van der Waals surface area contributed by atoms with E-state index in [1.54, 1.807) is 13.2 Å². The zero-order chi connectivity index (χ0) is 23.4. The van der Waals surface area contributed by atoms with Crippen LogP contribution in [0, 0.1) is 5.92 Å². The van der Waals surface area contributed by atoms with Gasteiger partial charge in [0.05, 0.1) is 19.8 Å². The standard InChI is InChI=1S/C26H32O7/c1-3-16-11-19-18-7-4-5-8-22(27)21(26(28)29)12-20(18)25(17-14-31-15-17)33-24(19)13-23(16)32-10-6-9-30-2/h11-13,17,25H,3-10,14-15H2,1-2H3,(H,28,29). The fourth-order valence-corrected chi connectivity index (χ4v) is 4.63. The fraction of sp³-hybridized carbons (Fsp3) is 0.538. The molecule has 4 rings (SSSR count). The second-order valence-corrected chi connectivity index (χ2v) is 8.77. The molecule has 1 fully saturated rings. The Morgan fingerprint density at radius 2 is 1.97 bits per heavy atom. The Kier molecular flexibility index (Phi) is 7.50. The van der Waals surface area contributed by atoms with Crippen LogP contribution in [0.15, 0.2) is 29.4 Å². The fourth-order valence-electron chi connectivity index (χ4n) is 4.63. The van der Waals surface area contributed by atoms with E-state index < -0.39 is 5.97 Å². The number of ether oxygens (including phenoxy) is 4. The van der Waals surface area contributed by atoms with Gasteiger partial charge in [-0.1, -0.05) is 6.92 Å². The van der Waals surface area contributed by atoms with E-state index in [4.69, 9.17) is 18.9 Å². The smallest absolute Gasteiger partial charge is 0.339 e. The molecule has 1 unspecified atom stereocenters. The number of Topliss-reactive ketones (excluding diaryl/α,β-unsaturated/α-hetero) is 1. The quantitative estimate of drug-likeness (QED) is 0.467.